The first kappa shape index (κ1) is 20.0. The fraction of sp³-hybridized carbons (Fsp3) is 0.0385. The summed E-state index contributed by atoms with van der Waals surface area (Å²) < 4.78 is 6.03. The Kier molecular flexibility index (Phi) is 6.05. The standard InChI is InChI=1S/C26H17Cl2NO/c27-22-8-3-5-18(13-22)17-30-26-12-11-23(28)15-20(26)14-21(16-29)25-10-4-7-19-6-1-2-9-24(19)25/h1-15H,17H2/b21-14-. The third-order valence-electron chi connectivity index (χ3n) is 4.76. The number of hydrogen-bond acceptors (Lipinski definition) is 2. The summed E-state index contributed by atoms with van der Waals surface area (Å²) in [5.41, 5.74) is 3.12. The number of halogens is 2. The second-order valence-electron chi connectivity index (χ2n) is 6.80. The molecule has 146 valence electrons. The minimum absolute atomic E-state index is 0.360. The molecule has 0 aromatic heterocycles. The van der Waals surface area contributed by atoms with E-state index in [1.165, 1.54) is 0 Å². The van der Waals surface area contributed by atoms with Crippen LogP contribution in [0.5, 0.6) is 5.75 Å². The number of nitrogens with zero attached hydrogens (tertiary/aromatic N) is 1. The van der Waals surface area contributed by atoms with Gasteiger partial charge in [-0.2, -0.15) is 5.26 Å². The van der Waals surface area contributed by atoms with Gasteiger partial charge in [0.25, 0.3) is 0 Å². The maximum absolute atomic E-state index is 9.89. The summed E-state index contributed by atoms with van der Waals surface area (Å²) in [7, 11) is 0. The van der Waals surface area contributed by atoms with E-state index >= 15 is 0 Å². The summed E-state index contributed by atoms with van der Waals surface area (Å²) >= 11 is 12.3. The van der Waals surface area contributed by atoms with Crippen LogP contribution in [0.25, 0.3) is 22.4 Å². The number of benzene rings is 4. The van der Waals surface area contributed by atoms with Crippen molar-refractivity contribution in [3.63, 3.8) is 0 Å². The van der Waals surface area contributed by atoms with Gasteiger partial charge < -0.3 is 4.74 Å². The van der Waals surface area contributed by atoms with Crippen molar-refractivity contribution in [2.24, 2.45) is 0 Å². The van der Waals surface area contributed by atoms with Crippen LogP contribution in [-0.4, -0.2) is 0 Å². The average molecular weight is 430 g/mol. The normalized spacial score (nSPS) is 11.3. The molecule has 0 radical (unpaired) electrons. The van der Waals surface area contributed by atoms with Crippen molar-refractivity contribution in [3.05, 3.63) is 112 Å². The lowest BCUT2D eigenvalue weighted by molar-refractivity contribution is 0.305. The summed E-state index contributed by atoms with van der Waals surface area (Å²) in [6.45, 7) is 0.360. The summed E-state index contributed by atoms with van der Waals surface area (Å²) in [6.07, 6.45) is 1.82. The van der Waals surface area contributed by atoms with Gasteiger partial charge in [-0.05, 0) is 52.7 Å². The minimum atomic E-state index is 0.360. The van der Waals surface area contributed by atoms with Crippen molar-refractivity contribution in [1.29, 1.82) is 5.26 Å². The van der Waals surface area contributed by atoms with Crippen molar-refractivity contribution in [1.82, 2.24) is 0 Å². The Balaban J connectivity index is 1.72. The Morgan fingerprint density at radius 1 is 0.867 bits per heavy atom. The van der Waals surface area contributed by atoms with Crippen LogP contribution in [0.4, 0.5) is 0 Å². The average Bonchev–Trinajstić information content (AvgIpc) is 2.76. The number of hydrogen-bond donors (Lipinski definition) is 0. The Hall–Kier alpha value is -3.25. The molecule has 30 heavy (non-hydrogen) atoms. The van der Waals surface area contributed by atoms with Crippen LogP contribution in [-0.2, 0) is 6.61 Å². The molecule has 0 aliphatic heterocycles. The SMILES string of the molecule is N#C/C(=C/c1cc(Cl)ccc1OCc1cccc(Cl)c1)c1cccc2ccccc12. The molecule has 0 saturated carbocycles. The molecule has 4 aromatic carbocycles. The van der Waals surface area contributed by atoms with Gasteiger partial charge in [-0.3, -0.25) is 0 Å². The Morgan fingerprint density at radius 2 is 1.63 bits per heavy atom. The predicted molar refractivity (Wildman–Crippen MR) is 125 cm³/mol. The summed E-state index contributed by atoms with van der Waals surface area (Å²) in [5, 5.41) is 13.2. The van der Waals surface area contributed by atoms with Crippen molar-refractivity contribution >= 4 is 45.6 Å². The van der Waals surface area contributed by atoms with Gasteiger partial charge in [-0.25, -0.2) is 0 Å². The zero-order valence-electron chi connectivity index (χ0n) is 16.0. The van der Waals surface area contributed by atoms with E-state index in [0.29, 0.717) is 28.0 Å². The first-order valence-electron chi connectivity index (χ1n) is 9.41. The third-order valence-corrected chi connectivity index (χ3v) is 5.23. The van der Waals surface area contributed by atoms with Gasteiger partial charge in [0.05, 0.1) is 11.6 Å². The van der Waals surface area contributed by atoms with Crippen LogP contribution in [0.1, 0.15) is 16.7 Å². The topological polar surface area (TPSA) is 33.0 Å². The van der Waals surface area contributed by atoms with E-state index in [1.807, 2.05) is 78.9 Å². The van der Waals surface area contributed by atoms with Crippen LogP contribution in [0.3, 0.4) is 0 Å². The van der Waals surface area contributed by atoms with E-state index in [4.69, 9.17) is 27.9 Å². The molecule has 4 heteroatoms. The van der Waals surface area contributed by atoms with Gasteiger partial charge in [0, 0.05) is 21.2 Å². The fourth-order valence-electron chi connectivity index (χ4n) is 3.34. The maximum Gasteiger partial charge on any atom is 0.127 e. The van der Waals surface area contributed by atoms with E-state index in [2.05, 4.69) is 6.07 Å². The Bertz CT molecular complexity index is 1280. The van der Waals surface area contributed by atoms with E-state index in [1.54, 1.807) is 12.1 Å². The zero-order chi connectivity index (χ0) is 20.9. The molecule has 0 aliphatic rings. The second-order valence-corrected chi connectivity index (χ2v) is 7.67. The zero-order valence-corrected chi connectivity index (χ0v) is 17.5. The molecule has 2 nitrogen and oxygen atoms in total. The molecular weight excluding hydrogens is 413 g/mol. The van der Waals surface area contributed by atoms with Crippen LogP contribution >= 0.6 is 23.2 Å². The van der Waals surface area contributed by atoms with Gasteiger partial charge >= 0.3 is 0 Å². The lowest BCUT2D eigenvalue weighted by Crippen LogP contribution is -1.97. The lowest BCUT2D eigenvalue weighted by atomic mass is 9.97. The van der Waals surface area contributed by atoms with Gasteiger partial charge in [0.2, 0.25) is 0 Å². The molecule has 0 bridgehead atoms. The molecule has 0 fully saturated rings. The van der Waals surface area contributed by atoms with Crippen LogP contribution in [0, 0.1) is 11.3 Å². The van der Waals surface area contributed by atoms with E-state index < -0.39 is 0 Å². The quantitative estimate of drug-likeness (QED) is 0.239. The highest BCUT2D eigenvalue weighted by molar-refractivity contribution is 6.31. The number of nitriles is 1. The lowest BCUT2D eigenvalue weighted by Gasteiger charge is -2.11. The summed E-state index contributed by atoms with van der Waals surface area (Å²) in [4.78, 5) is 0. The van der Waals surface area contributed by atoms with Gasteiger partial charge in [0.1, 0.15) is 12.4 Å². The van der Waals surface area contributed by atoms with Crippen molar-refractivity contribution in [3.8, 4) is 11.8 Å². The number of rotatable bonds is 5. The molecular formula is C26H17Cl2NO. The van der Waals surface area contributed by atoms with Gasteiger partial charge in [-0.1, -0.05) is 77.8 Å². The highest BCUT2D eigenvalue weighted by Gasteiger charge is 2.10. The monoisotopic (exact) mass is 429 g/mol. The second kappa shape index (κ2) is 9.05. The molecule has 0 aliphatic carbocycles. The first-order chi connectivity index (χ1) is 14.6. The molecule has 0 unspecified atom stereocenters. The number of fused-ring (bicyclic) bond motifs is 1. The molecule has 0 amide bonds. The van der Waals surface area contributed by atoms with Crippen molar-refractivity contribution in [2.75, 3.05) is 0 Å². The maximum atomic E-state index is 9.89. The first-order valence-corrected chi connectivity index (χ1v) is 10.2. The minimum Gasteiger partial charge on any atom is -0.488 e. The van der Waals surface area contributed by atoms with Gasteiger partial charge in [0.15, 0.2) is 0 Å². The molecule has 0 spiro atoms. The van der Waals surface area contributed by atoms with E-state index in [9.17, 15) is 5.26 Å². The Labute approximate surface area is 185 Å². The molecule has 4 rings (SSSR count). The van der Waals surface area contributed by atoms with Crippen LogP contribution < -0.4 is 4.74 Å². The smallest absolute Gasteiger partial charge is 0.127 e. The number of allylic oxidation sites excluding steroid dienone is 1. The highest BCUT2D eigenvalue weighted by Crippen LogP contribution is 2.31. The van der Waals surface area contributed by atoms with E-state index in [-0.39, 0.29) is 0 Å². The molecule has 0 N–H and O–H groups in total. The highest BCUT2D eigenvalue weighted by atomic mass is 35.5. The van der Waals surface area contributed by atoms with E-state index in [0.717, 1.165) is 27.5 Å². The van der Waals surface area contributed by atoms with Crippen LogP contribution in [0.2, 0.25) is 10.0 Å². The van der Waals surface area contributed by atoms with Crippen molar-refractivity contribution in [2.45, 2.75) is 6.61 Å². The fourth-order valence-corrected chi connectivity index (χ4v) is 3.73. The largest absolute Gasteiger partial charge is 0.488 e. The molecule has 0 atom stereocenters. The number of ether oxygens (including phenoxy) is 1. The van der Waals surface area contributed by atoms with Crippen LogP contribution in [0.15, 0.2) is 84.9 Å². The Morgan fingerprint density at radius 3 is 2.47 bits per heavy atom. The molecule has 0 saturated heterocycles. The molecule has 0 heterocycles. The van der Waals surface area contributed by atoms with Gasteiger partial charge in [-0.15, -0.1) is 0 Å². The summed E-state index contributed by atoms with van der Waals surface area (Å²) in [5.74, 6) is 0.646. The molecule has 4 aromatic rings. The summed E-state index contributed by atoms with van der Waals surface area (Å²) in [6, 6.07) is 29.2. The van der Waals surface area contributed by atoms with Crippen molar-refractivity contribution < 1.29 is 4.74 Å². The predicted octanol–water partition coefficient (Wildman–Crippen LogP) is 7.79. The third kappa shape index (κ3) is 4.49.